The van der Waals surface area contributed by atoms with Crippen LogP contribution < -0.4 is 0 Å². The van der Waals surface area contributed by atoms with Crippen molar-refractivity contribution < 1.29 is 50.1 Å². The topological polar surface area (TPSA) is 193 Å². The molecule has 0 saturated heterocycles. The lowest BCUT2D eigenvalue weighted by Crippen LogP contribution is -2.41. The largest absolute Gasteiger partial charge is 0.478 e. The maximum absolute atomic E-state index is 9.43. The molecule has 0 aliphatic rings. The molecule has 0 saturated carbocycles. The van der Waals surface area contributed by atoms with Crippen molar-refractivity contribution in [2.45, 2.75) is 45.5 Å². The molecule has 0 aromatic carbocycles. The fourth-order valence-electron chi connectivity index (χ4n) is 1.11. The zero-order valence-electron chi connectivity index (χ0n) is 16.4. The van der Waals surface area contributed by atoms with Crippen molar-refractivity contribution >= 4 is 17.9 Å². The van der Waals surface area contributed by atoms with Gasteiger partial charge >= 0.3 is 17.9 Å². The maximum atomic E-state index is 9.43. The molecular weight excluding hydrogens is 376 g/mol. The maximum Gasteiger partial charge on any atom is 0.327 e. The highest BCUT2D eigenvalue weighted by Gasteiger charge is 2.27. The fraction of sp³-hybridized carbons (Fsp3) is 0.500. The number of aliphatic hydroxyl groups is 4. The molecule has 0 rings (SSSR count). The Bertz CT molecular complexity index is 436. The molecule has 0 heterocycles. The van der Waals surface area contributed by atoms with Crippen molar-refractivity contribution in [1.29, 1.82) is 0 Å². The van der Waals surface area contributed by atoms with Crippen molar-refractivity contribution in [3.05, 3.63) is 38.0 Å². The van der Waals surface area contributed by atoms with E-state index in [-0.39, 0.29) is 5.41 Å². The van der Waals surface area contributed by atoms with Crippen LogP contribution in [0.25, 0.3) is 0 Å². The molecule has 10 heteroatoms. The minimum absolute atomic E-state index is 0.116. The predicted octanol–water partition coefficient (Wildman–Crippen LogP) is 0.269. The molecule has 10 nitrogen and oxygen atoms in total. The highest BCUT2D eigenvalue weighted by atomic mass is 16.4. The monoisotopic (exact) mass is 408 g/mol. The van der Waals surface area contributed by atoms with Gasteiger partial charge in [0.05, 0.1) is 12.7 Å². The summed E-state index contributed by atoms with van der Waals surface area (Å²) < 4.78 is 0. The molecule has 0 aromatic heterocycles. The summed E-state index contributed by atoms with van der Waals surface area (Å²) in [7, 11) is 0. The number of aliphatic hydroxyl groups excluding tert-OH is 4. The standard InChI is InChI=1S/C9H20O4.3C3H4O2/c1-9(2,3)4-6(11)8(13)7(12)5-10;3*1-2-3(4)5/h6-8,10-13H,4-5H2,1-3H3;3*2H,1H2,(H,4,5)/t6?,7-,8+;;;/m1.../s1. The number of hydrogen-bond acceptors (Lipinski definition) is 7. The molecule has 0 amide bonds. The molecule has 28 heavy (non-hydrogen) atoms. The SMILES string of the molecule is C=CC(=O)O.C=CC(=O)O.C=CC(=O)O.CC(C)(C)CC(O)[C@H](O)[C@H](O)CO. The van der Waals surface area contributed by atoms with Gasteiger partial charge in [0.15, 0.2) is 0 Å². The van der Waals surface area contributed by atoms with E-state index in [1.807, 2.05) is 20.8 Å². The fourth-order valence-corrected chi connectivity index (χ4v) is 1.11. The molecule has 0 fully saturated rings. The quantitative estimate of drug-likeness (QED) is 0.287. The van der Waals surface area contributed by atoms with E-state index >= 15 is 0 Å². The lowest BCUT2D eigenvalue weighted by Gasteiger charge is -2.27. The molecule has 164 valence electrons. The molecule has 3 atom stereocenters. The molecular formula is C18H32O10. The summed E-state index contributed by atoms with van der Waals surface area (Å²) in [6, 6.07) is 0. The summed E-state index contributed by atoms with van der Waals surface area (Å²) in [5.74, 6) is -2.94. The van der Waals surface area contributed by atoms with Crippen LogP contribution in [0, 0.1) is 5.41 Å². The Balaban J connectivity index is -0.000000159. The van der Waals surface area contributed by atoms with E-state index < -0.39 is 42.8 Å². The zero-order valence-corrected chi connectivity index (χ0v) is 16.4. The van der Waals surface area contributed by atoms with Crippen LogP contribution in [-0.2, 0) is 14.4 Å². The number of aliphatic carboxylic acids is 3. The van der Waals surface area contributed by atoms with Gasteiger partial charge in [-0.1, -0.05) is 40.5 Å². The Morgan fingerprint density at radius 1 is 0.786 bits per heavy atom. The molecule has 7 N–H and O–H groups in total. The average molecular weight is 408 g/mol. The Hall–Kier alpha value is -2.53. The van der Waals surface area contributed by atoms with E-state index in [4.69, 9.17) is 25.5 Å². The smallest absolute Gasteiger partial charge is 0.327 e. The minimum Gasteiger partial charge on any atom is -0.478 e. The van der Waals surface area contributed by atoms with Gasteiger partial charge in [0.2, 0.25) is 0 Å². The predicted molar refractivity (Wildman–Crippen MR) is 103 cm³/mol. The van der Waals surface area contributed by atoms with Crippen LogP contribution in [0.2, 0.25) is 0 Å². The first-order valence-corrected chi connectivity index (χ1v) is 7.80. The van der Waals surface area contributed by atoms with Gasteiger partial charge in [-0.3, -0.25) is 0 Å². The Morgan fingerprint density at radius 2 is 1.04 bits per heavy atom. The van der Waals surface area contributed by atoms with Crippen LogP contribution in [0.3, 0.4) is 0 Å². The van der Waals surface area contributed by atoms with E-state index in [0.29, 0.717) is 6.42 Å². The van der Waals surface area contributed by atoms with Gasteiger partial charge in [-0.05, 0) is 11.8 Å². The van der Waals surface area contributed by atoms with E-state index in [1.165, 1.54) is 0 Å². The summed E-state index contributed by atoms with van der Waals surface area (Å²) in [5.41, 5.74) is -0.116. The summed E-state index contributed by atoms with van der Waals surface area (Å²) in [6.45, 7) is 14.1. The second kappa shape index (κ2) is 19.2. The van der Waals surface area contributed by atoms with Crippen molar-refractivity contribution in [2.75, 3.05) is 6.61 Å². The first-order valence-electron chi connectivity index (χ1n) is 7.80. The second-order valence-corrected chi connectivity index (χ2v) is 6.20. The van der Waals surface area contributed by atoms with Crippen LogP contribution >= 0.6 is 0 Å². The number of hydrogen-bond donors (Lipinski definition) is 7. The van der Waals surface area contributed by atoms with Crippen LogP contribution in [0.4, 0.5) is 0 Å². The Kier molecular flexibility index (Phi) is 22.7. The normalized spacial score (nSPS) is 12.5. The third-order valence-corrected chi connectivity index (χ3v) is 2.32. The number of carbonyl (C=O) groups is 3. The highest BCUT2D eigenvalue weighted by molar-refractivity contribution is 5.79. The number of carboxylic acids is 3. The van der Waals surface area contributed by atoms with Crippen molar-refractivity contribution in [2.24, 2.45) is 5.41 Å². The summed E-state index contributed by atoms with van der Waals surface area (Å²) in [6.07, 6.45) is -0.658. The number of rotatable bonds is 7. The summed E-state index contributed by atoms with van der Waals surface area (Å²) in [5, 5.41) is 59.1. The summed E-state index contributed by atoms with van der Waals surface area (Å²) >= 11 is 0. The van der Waals surface area contributed by atoms with Crippen LogP contribution in [-0.4, -0.2) is 78.6 Å². The first kappa shape index (κ1) is 33.1. The van der Waals surface area contributed by atoms with Gasteiger partial charge in [0.25, 0.3) is 0 Å². The van der Waals surface area contributed by atoms with Gasteiger partial charge in [-0.15, -0.1) is 0 Å². The van der Waals surface area contributed by atoms with Crippen molar-refractivity contribution in [1.82, 2.24) is 0 Å². The Labute approximate surface area is 164 Å². The van der Waals surface area contributed by atoms with Gasteiger partial charge in [0, 0.05) is 18.2 Å². The molecule has 1 unspecified atom stereocenters. The summed E-state index contributed by atoms with van der Waals surface area (Å²) in [4.78, 5) is 27.8. The van der Waals surface area contributed by atoms with Gasteiger partial charge < -0.3 is 35.7 Å². The third-order valence-electron chi connectivity index (χ3n) is 2.32. The van der Waals surface area contributed by atoms with Crippen molar-refractivity contribution in [3.63, 3.8) is 0 Å². The van der Waals surface area contributed by atoms with Crippen molar-refractivity contribution in [3.8, 4) is 0 Å². The van der Waals surface area contributed by atoms with Crippen LogP contribution in [0.15, 0.2) is 38.0 Å². The van der Waals surface area contributed by atoms with E-state index in [2.05, 4.69) is 19.7 Å². The van der Waals surface area contributed by atoms with Crippen LogP contribution in [0.5, 0.6) is 0 Å². The van der Waals surface area contributed by atoms with Gasteiger partial charge in [-0.2, -0.15) is 0 Å². The molecule has 0 spiro atoms. The van der Waals surface area contributed by atoms with E-state index in [1.54, 1.807) is 0 Å². The highest BCUT2D eigenvalue weighted by Crippen LogP contribution is 2.22. The molecule has 0 aliphatic carbocycles. The van der Waals surface area contributed by atoms with Gasteiger partial charge in [0.1, 0.15) is 12.2 Å². The lowest BCUT2D eigenvalue weighted by atomic mass is 9.86. The van der Waals surface area contributed by atoms with E-state index in [0.717, 1.165) is 18.2 Å². The third kappa shape index (κ3) is 34.7. The first-order chi connectivity index (χ1) is 12.6. The molecule has 0 aliphatic heterocycles. The average Bonchev–Trinajstić information content (AvgIpc) is 2.60. The van der Waals surface area contributed by atoms with Crippen LogP contribution in [0.1, 0.15) is 27.2 Å². The molecule has 0 radical (unpaired) electrons. The van der Waals surface area contributed by atoms with Gasteiger partial charge in [-0.25, -0.2) is 14.4 Å². The Morgan fingerprint density at radius 3 is 1.18 bits per heavy atom. The lowest BCUT2D eigenvalue weighted by molar-refractivity contribution is -0.132. The molecule has 0 bridgehead atoms. The van der Waals surface area contributed by atoms with E-state index in [9.17, 15) is 24.6 Å². The second-order valence-electron chi connectivity index (χ2n) is 6.20. The number of carboxylic acid groups (broad SMARTS) is 3. The minimum atomic E-state index is -1.27. The molecule has 0 aromatic rings. The zero-order chi connectivity index (χ0) is 23.5.